The van der Waals surface area contributed by atoms with E-state index in [1.165, 1.54) is 17.0 Å². The number of anilines is 1. The largest absolute Gasteiger partial charge is 0.494 e. The van der Waals surface area contributed by atoms with E-state index in [4.69, 9.17) is 16.3 Å². The Bertz CT molecular complexity index is 1440. The van der Waals surface area contributed by atoms with Crippen LogP contribution in [0.3, 0.4) is 0 Å². The first-order valence-corrected chi connectivity index (χ1v) is 16.2. The third-order valence-electron chi connectivity index (χ3n) is 7.43. The van der Waals surface area contributed by atoms with Crippen molar-refractivity contribution in [2.75, 3.05) is 17.5 Å². The zero-order chi connectivity index (χ0) is 30.1. The molecule has 0 aromatic heterocycles. The first-order valence-electron chi connectivity index (χ1n) is 14.4. The van der Waals surface area contributed by atoms with E-state index in [-0.39, 0.29) is 23.4 Å². The third kappa shape index (κ3) is 7.63. The van der Waals surface area contributed by atoms with Crippen LogP contribution in [-0.2, 0) is 26.2 Å². The molecule has 224 valence electrons. The predicted octanol–water partition coefficient (Wildman–Crippen LogP) is 5.80. The summed E-state index contributed by atoms with van der Waals surface area (Å²) < 4.78 is 34.5. The number of amides is 2. The molecule has 3 aromatic carbocycles. The maximum Gasteiger partial charge on any atom is 0.264 e. The molecule has 1 atom stereocenters. The molecular formula is C32H38ClN3O5S. The van der Waals surface area contributed by atoms with Crippen molar-refractivity contribution in [1.29, 1.82) is 0 Å². The van der Waals surface area contributed by atoms with Gasteiger partial charge in [-0.05, 0) is 74.2 Å². The van der Waals surface area contributed by atoms with Crippen LogP contribution in [0.15, 0.2) is 83.8 Å². The normalized spacial score (nSPS) is 14.3. The number of nitrogens with one attached hydrogen (secondary N) is 1. The quantitative estimate of drug-likeness (QED) is 0.264. The van der Waals surface area contributed by atoms with Crippen LogP contribution in [0.25, 0.3) is 0 Å². The minimum Gasteiger partial charge on any atom is -0.494 e. The van der Waals surface area contributed by atoms with E-state index in [0.29, 0.717) is 35.1 Å². The molecule has 42 heavy (non-hydrogen) atoms. The van der Waals surface area contributed by atoms with Gasteiger partial charge in [0.15, 0.2) is 0 Å². The molecule has 1 fully saturated rings. The highest BCUT2D eigenvalue weighted by Gasteiger charge is 2.34. The molecule has 1 saturated carbocycles. The highest BCUT2D eigenvalue weighted by molar-refractivity contribution is 7.92. The molecule has 0 spiro atoms. The molecule has 1 aliphatic carbocycles. The number of hydrogen-bond acceptors (Lipinski definition) is 5. The number of ether oxygens (including phenoxy) is 1. The second-order valence-electron chi connectivity index (χ2n) is 10.3. The monoisotopic (exact) mass is 611 g/mol. The van der Waals surface area contributed by atoms with Gasteiger partial charge in [-0.15, -0.1) is 0 Å². The number of carbonyl (C=O) groups is 2. The molecule has 0 heterocycles. The Morgan fingerprint density at radius 2 is 1.60 bits per heavy atom. The lowest BCUT2D eigenvalue weighted by atomic mass is 10.1. The van der Waals surface area contributed by atoms with Gasteiger partial charge in [0.1, 0.15) is 18.3 Å². The van der Waals surface area contributed by atoms with Crippen LogP contribution in [0, 0.1) is 0 Å². The fourth-order valence-corrected chi connectivity index (χ4v) is 6.85. The van der Waals surface area contributed by atoms with Gasteiger partial charge in [-0.1, -0.05) is 67.8 Å². The lowest BCUT2D eigenvalue weighted by molar-refractivity contribution is -0.140. The van der Waals surface area contributed by atoms with Gasteiger partial charge >= 0.3 is 0 Å². The van der Waals surface area contributed by atoms with Gasteiger partial charge in [0, 0.05) is 17.6 Å². The van der Waals surface area contributed by atoms with Crippen molar-refractivity contribution < 1.29 is 22.7 Å². The summed E-state index contributed by atoms with van der Waals surface area (Å²) in [4.78, 5) is 29.2. The van der Waals surface area contributed by atoms with Crippen LogP contribution in [0.1, 0.15) is 51.5 Å². The Morgan fingerprint density at radius 3 is 2.21 bits per heavy atom. The lowest BCUT2D eigenvalue weighted by Crippen LogP contribution is -2.53. The number of carbonyl (C=O) groups excluding carboxylic acids is 2. The summed E-state index contributed by atoms with van der Waals surface area (Å²) in [6, 6.07) is 20.9. The number of benzene rings is 3. The van der Waals surface area contributed by atoms with Crippen molar-refractivity contribution in [2.45, 2.75) is 69.5 Å². The van der Waals surface area contributed by atoms with Crippen molar-refractivity contribution in [3.8, 4) is 5.75 Å². The maximum atomic E-state index is 14.2. The molecule has 2 amide bonds. The Labute approximate surface area is 253 Å². The molecule has 0 saturated heterocycles. The average Bonchev–Trinajstić information content (AvgIpc) is 3.51. The topological polar surface area (TPSA) is 96.0 Å². The first kappa shape index (κ1) is 31.4. The highest BCUT2D eigenvalue weighted by atomic mass is 35.5. The van der Waals surface area contributed by atoms with Crippen molar-refractivity contribution in [3.63, 3.8) is 0 Å². The molecular weight excluding hydrogens is 574 g/mol. The summed E-state index contributed by atoms with van der Waals surface area (Å²) in [5.41, 5.74) is 0.968. The van der Waals surface area contributed by atoms with E-state index >= 15 is 0 Å². The summed E-state index contributed by atoms with van der Waals surface area (Å²) in [6.07, 6.45) is 4.27. The molecule has 0 bridgehead atoms. The summed E-state index contributed by atoms with van der Waals surface area (Å²) >= 11 is 6.48. The van der Waals surface area contributed by atoms with Crippen LogP contribution in [-0.4, -0.2) is 50.4 Å². The smallest absolute Gasteiger partial charge is 0.264 e. The molecule has 3 aromatic rings. The highest BCUT2D eigenvalue weighted by Crippen LogP contribution is 2.28. The summed E-state index contributed by atoms with van der Waals surface area (Å²) in [6.45, 7) is 3.71. The molecule has 0 radical (unpaired) electrons. The zero-order valence-corrected chi connectivity index (χ0v) is 25.6. The van der Waals surface area contributed by atoms with E-state index in [1.807, 2.05) is 19.9 Å². The van der Waals surface area contributed by atoms with Crippen LogP contribution < -0.4 is 14.4 Å². The van der Waals surface area contributed by atoms with Crippen molar-refractivity contribution >= 4 is 39.1 Å². The number of nitrogens with zero attached hydrogens (tertiary/aromatic N) is 2. The molecule has 0 aliphatic heterocycles. The van der Waals surface area contributed by atoms with Gasteiger partial charge < -0.3 is 15.0 Å². The van der Waals surface area contributed by atoms with Gasteiger partial charge in [0.2, 0.25) is 11.8 Å². The number of rotatable bonds is 13. The molecule has 1 N–H and O–H groups in total. The van der Waals surface area contributed by atoms with Crippen LogP contribution in [0.5, 0.6) is 5.75 Å². The molecule has 1 aliphatic rings. The fraction of sp³-hybridized carbons (Fsp3) is 0.375. The SMILES string of the molecule is CCOc1ccc(N(CC(=O)N(Cc2ccccc2Cl)[C@@H](CC)C(=O)NC2CCCC2)S(=O)(=O)c2ccccc2)cc1. The predicted molar refractivity (Wildman–Crippen MR) is 165 cm³/mol. The Kier molecular flexibility index (Phi) is 10.9. The molecule has 10 heteroatoms. The Hall–Kier alpha value is -3.56. The van der Waals surface area contributed by atoms with Gasteiger partial charge in [0.05, 0.1) is 17.2 Å². The van der Waals surface area contributed by atoms with Crippen molar-refractivity contribution in [3.05, 3.63) is 89.4 Å². The van der Waals surface area contributed by atoms with E-state index in [0.717, 1.165) is 30.0 Å². The van der Waals surface area contributed by atoms with Crippen LogP contribution >= 0.6 is 11.6 Å². The van der Waals surface area contributed by atoms with E-state index in [2.05, 4.69) is 5.32 Å². The summed E-state index contributed by atoms with van der Waals surface area (Å²) in [5.74, 6) is -0.181. The van der Waals surface area contributed by atoms with Gasteiger partial charge in [-0.2, -0.15) is 0 Å². The third-order valence-corrected chi connectivity index (χ3v) is 9.59. The van der Waals surface area contributed by atoms with Gasteiger partial charge in [-0.3, -0.25) is 13.9 Å². The Morgan fingerprint density at radius 1 is 0.952 bits per heavy atom. The van der Waals surface area contributed by atoms with Gasteiger partial charge in [-0.25, -0.2) is 8.42 Å². The molecule has 0 unspecified atom stereocenters. The second-order valence-corrected chi connectivity index (χ2v) is 12.5. The van der Waals surface area contributed by atoms with Crippen molar-refractivity contribution in [1.82, 2.24) is 10.2 Å². The maximum absolute atomic E-state index is 14.2. The van der Waals surface area contributed by atoms with Crippen LogP contribution in [0.2, 0.25) is 5.02 Å². The number of hydrogen-bond donors (Lipinski definition) is 1. The van der Waals surface area contributed by atoms with Gasteiger partial charge in [0.25, 0.3) is 10.0 Å². The van der Waals surface area contributed by atoms with E-state index in [9.17, 15) is 18.0 Å². The fourth-order valence-electron chi connectivity index (χ4n) is 5.22. The minimum absolute atomic E-state index is 0.0513. The average molecular weight is 612 g/mol. The van der Waals surface area contributed by atoms with Crippen molar-refractivity contribution in [2.24, 2.45) is 0 Å². The lowest BCUT2D eigenvalue weighted by Gasteiger charge is -2.34. The Balaban J connectivity index is 1.71. The van der Waals surface area contributed by atoms with E-state index < -0.39 is 28.5 Å². The summed E-state index contributed by atoms with van der Waals surface area (Å²) in [5, 5.41) is 3.57. The molecule has 4 rings (SSSR count). The number of sulfonamides is 1. The second kappa shape index (κ2) is 14.6. The van der Waals surface area contributed by atoms with E-state index in [1.54, 1.807) is 60.7 Å². The zero-order valence-electron chi connectivity index (χ0n) is 24.0. The van der Waals surface area contributed by atoms with Crippen LogP contribution in [0.4, 0.5) is 5.69 Å². The minimum atomic E-state index is -4.14. The number of halogens is 1. The first-order chi connectivity index (χ1) is 20.2. The standard InChI is InChI=1S/C32H38ClN3O5S/c1-3-30(32(38)34-25-13-9-10-14-25)35(22-24-12-8-11-17-29(24)33)31(37)23-36(26-18-20-27(21-19-26)41-4-2)42(39,40)28-15-6-5-7-16-28/h5-8,11-12,15-21,25,30H,3-4,9-10,13-14,22-23H2,1-2H3,(H,34,38)/t30-/m0/s1. The summed E-state index contributed by atoms with van der Waals surface area (Å²) in [7, 11) is -4.14. The molecule has 8 nitrogen and oxygen atoms in total.